The fourth-order valence-corrected chi connectivity index (χ4v) is 3.43. The average molecular weight is 449 g/mol. The van der Waals surface area contributed by atoms with E-state index in [1.54, 1.807) is 11.4 Å². The molecule has 0 aliphatic carbocycles. The first-order valence-corrected chi connectivity index (χ1v) is 9.70. The van der Waals surface area contributed by atoms with Crippen molar-refractivity contribution in [1.82, 2.24) is 4.98 Å². The van der Waals surface area contributed by atoms with Gasteiger partial charge in [0.05, 0.1) is 16.9 Å². The number of rotatable bonds is 5. The van der Waals surface area contributed by atoms with Gasteiger partial charge in [0, 0.05) is 24.1 Å². The second-order valence-electron chi connectivity index (χ2n) is 6.26. The largest absolute Gasteiger partial charge is 0.416 e. The number of amides is 2. The first-order chi connectivity index (χ1) is 14.6. The number of carbonyl (C=O) groups is 2. The SMILES string of the molecule is CC(=O)N(c1nc(/C=C/C(=O)Nc2ccc(C(F)(F)F)cc2)cs1)c1ccccc1F. The van der Waals surface area contributed by atoms with Gasteiger partial charge >= 0.3 is 6.18 Å². The Morgan fingerprint density at radius 2 is 1.77 bits per heavy atom. The topological polar surface area (TPSA) is 62.3 Å². The van der Waals surface area contributed by atoms with Crippen LogP contribution in [0.25, 0.3) is 6.08 Å². The molecule has 0 radical (unpaired) electrons. The predicted molar refractivity (Wildman–Crippen MR) is 110 cm³/mol. The lowest BCUT2D eigenvalue weighted by Gasteiger charge is -2.18. The summed E-state index contributed by atoms with van der Waals surface area (Å²) in [6.45, 7) is 1.28. The Morgan fingerprint density at radius 3 is 2.39 bits per heavy atom. The highest BCUT2D eigenvalue weighted by Crippen LogP contribution is 2.31. The number of hydrogen-bond acceptors (Lipinski definition) is 4. The third-order valence-electron chi connectivity index (χ3n) is 3.99. The molecule has 0 saturated carbocycles. The minimum Gasteiger partial charge on any atom is -0.323 e. The van der Waals surface area contributed by atoms with E-state index in [0.29, 0.717) is 5.69 Å². The molecule has 10 heteroatoms. The number of anilines is 3. The molecule has 0 aliphatic rings. The fourth-order valence-electron chi connectivity index (χ4n) is 2.58. The van der Waals surface area contributed by atoms with E-state index < -0.39 is 29.4 Å². The van der Waals surface area contributed by atoms with Gasteiger partial charge in [0.2, 0.25) is 11.8 Å². The summed E-state index contributed by atoms with van der Waals surface area (Å²) in [5.41, 5.74) is -0.213. The van der Waals surface area contributed by atoms with E-state index in [0.717, 1.165) is 46.6 Å². The molecule has 0 aliphatic heterocycles. The number of halogens is 4. The summed E-state index contributed by atoms with van der Waals surface area (Å²) in [6.07, 6.45) is -1.93. The standard InChI is InChI=1S/C21H15F4N3O2S/c1-13(29)28(18-5-3-2-4-17(18)22)20-27-16(12-31-20)10-11-19(30)26-15-8-6-14(7-9-15)21(23,24)25/h2-12H,1H3,(H,26,30)/b11-10+. The number of alkyl halides is 3. The lowest BCUT2D eigenvalue weighted by atomic mass is 10.2. The summed E-state index contributed by atoms with van der Waals surface area (Å²) < 4.78 is 51.8. The van der Waals surface area contributed by atoms with Gasteiger partial charge in [-0.3, -0.25) is 14.5 Å². The maximum Gasteiger partial charge on any atom is 0.416 e. The highest BCUT2D eigenvalue weighted by Gasteiger charge is 2.30. The Morgan fingerprint density at radius 1 is 1.10 bits per heavy atom. The monoisotopic (exact) mass is 449 g/mol. The van der Waals surface area contributed by atoms with Gasteiger partial charge in [-0.15, -0.1) is 11.3 Å². The summed E-state index contributed by atoms with van der Waals surface area (Å²) in [6, 6.07) is 9.80. The summed E-state index contributed by atoms with van der Waals surface area (Å²) in [5.74, 6) is -1.59. The van der Waals surface area contributed by atoms with Crippen LogP contribution >= 0.6 is 11.3 Å². The van der Waals surface area contributed by atoms with Crippen LogP contribution in [0.4, 0.5) is 34.1 Å². The molecule has 5 nitrogen and oxygen atoms in total. The molecule has 0 spiro atoms. The van der Waals surface area contributed by atoms with Crippen molar-refractivity contribution in [3.63, 3.8) is 0 Å². The van der Waals surface area contributed by atoms with Crippen LogP contribution in [0.3, 0.4) is 0 Å². The van der Waals surface area contributed by atoms with Crippen LogP contribution < -0.4 is 10.2 Å². The molecule has 3 rings (SSSR count). The Balaban J connectivity index is 1.70. The number of thiazole rings is 1. The summed E-state index contributed by atoms with van der Waals surface area (Å²) in [7, 11) is 0. The minimum absolute atomic E-state index is 0.0555. The van der Waals surface area contributed by atoms with Crippen molar-refractivity contribution in [1.29, 1.82) is 0 Å². The van der Waals surface area contributed by atoms with Crippen molar-refractivity contribution >= 4 is 45.7 Å². The number of nitrogens with zero attached hydrogens (tertiary/aromatic N) is 2. The van der Waals surface area contributed by atoms with Crippen molar-refractivity contribution in [2.45, 2.75) is 13.1 Å². The van der Waals surface area contributed by atoms with Crippen LogP contribution in [-0.4, -0.2) is 16.8 Å². The number of benzene rings is 2. The molecule has 1 heterocycles. The van der Waals surface area contributed by atoms with Crippen LogP contribution in [0, 0.1) is 5.82 Å². The molecule has 2 amide bonds. The molecule has 2 aromatic carbocycles. The number of nitrogens with one attached hydrogen (secondary N) is 1. The number of carbonyl (C=O) groups excluding carboxylic acids is 2. The molecule has 0 atom stereocenters. The molecule has 0 saturated heterocycles. The van der Waals surface area contributed by atoms with E-state index in [2.05, 4.69) is 10.3 Å². The lowest BCUT2D eigenvalue weighted by molar-refractivity contribution is -0.137. The van der Waals surface area contributed by atoms with Gasteiger partial charge < -0.3 is 5.32 Å². The highest BCUT2D eigenvalue weighted by atomic mass is 32.1. The smallest absolute Gasteiger partial charge is 0.323 e. The first-order valence-electron chi connectivity index (χ1n) is 8.82. The highest BCUT2D eigenvalue weighted by molar-refractivity contribution is 7.14. The van der Waals surface area contributed by atoms with E-state index >= 15 is 0 Å². The lowest BCUT2D eigenvalue weighted by Crippen LogP contribution is -2.23. The van der Waals surface area contributed by atoms with Gasteiger partial charge in [-0.05, 0) is 42.5 Å². The van der Waals surface area contributed by atoms with Crippen molar-refractivity contribution in [2.24, 2.45) is 0 Å². The molecule has 0 bridgehead atoms. The van der Waals surface area contributed by atoms with Crippen molar-refractivity contribution in [3.05, 3.63) is 77.1 Å². The van der Waals surface area contributed by atoms with Crippen LogP contribution in [-0.2, 0) is 15.8 Å². The first kappa shape index (κ1) is 22.2. The molecule has 1 aromatic heterocycles. The van der Waals surface area contributed by atoms with E-state index in [4.69, 9.17) is 0 Å². The van der Waals surface area contributed by atoms with E-state index in [1.807, 2.05) is 0 Å². The van der Waals surface area contributed by atoms with Gasteiger partial charge in [-0.25, -0.2) is 9.37 Å². The zero-order chi connectivity index (χ0) is 22.6. The fraction of sp³-hybridized carbons (Fsp3) is 0.0952. The second-order valence-corrected chi connectivity index (χ2v) is 7.10. The third-order valence-corrected chi connectivity index (χ3v) is 4.84. The van der Waals surface area contributed by atoms with Crippen molar-refractivity contribution < 1.29 is 27.2 Å². The molecule has 160 valence electrons. The zero-order valence-electron chi connectivity index (χ0n) is 16.0. The normalized spacial score (nSPS) is 11.5. The zero-order valence-corrected chi connectivity index (χ0v) is 16.8. The quantitative estimate of drug-likeness (QED) is 0.405. The maximum atomic E-state index is 14.1. The maximum absolute atomic E-state index is 14.1. The second kappa shape index (κ2) is 9.09. The number of aromatic nitrogens is 1. The minimum atomic E-state index is -4.46. The van der Waals surface area contributed by atoms with Gasteiger partial charge in [0.15, 0.2) is 5.13 Å². The van der Waals surface area contributed by atoms with Gasteiger partial charge in [-0.2, -0.15) is 13.2 Å². The molecule has 3 aromatic rings. The van der Waals surface area contributed by atoms with Crippen LogP contribution in [0.2, 0.25) is 0 Å². The Hall–Kier alpha value is -3.53. The molecule has 1 N–H and O–H groups in total. The Kier molecular flexibility index (Phi) is 6.50. The van der Waals surface area contributed by atoms with Crippen LogP contribution in [0.1, 0.15) is 18.2 Å². The van der Waals surface area contributed by atoms with Gasteiger partial charge in [0.25, 0.3) is 0 Å². The van der Waals surface area contributed by atoms with Crippen LogP contribution in [0.15, 0.2) is 60.0 Å². The van der Waals surface area contributed by atoms with Gasteiger partial charge in [0.1, 0.15) is 5.82 Å². The predicted octanol–water partition coefficient (Wildman–Crippen LogP) is 5.64. The third kappa shape index (κ3) is 5.54. The number of para-hydroxylation sites is 1. The van der Waals surface area contributed by atoms with Crippen molar-refractivity contribution in [2.75, 3.05) is 10.2 Å². The summed E-state index contributed by atoms with van der Waals surface area (Å²) in [4.78, 5) is 29.4. The number of hydrogen-bond donors (Lipinski definition) is 1. The summed E-state index contributed by atoms with van der Waals surface area (Å²) in [5, 5.41) is 4.24. The molecule has 0 unspecified atom stereocenters. The van der Waals surface area contributed by atoms with Gasteiger partial charge in [-0.1, -0.05) is 12.1 Å². The van der Waals surface area contributed by atoms with E-state index in [1.165, 1.54) is 31.2 Å². The van der Waals surface area contributed by atoms with Crippen molar-refractivity contribution in [3.8, 4) is 0 Å². The summed E-state index contributed by atoms with van der Waals surface area (Å²) >= 11 is 1.09. The molecule has 31 heavy (non-hydrogen) atoms. The van der Waals surface area contributed by atoms with E-state index in [-0.39, 0.29) is 16.5 Å². The van der Waals surface area contributed by atoms with Crippen LogP contribution in [0.5, 0.6) is 0 Å². The molecular formula is C21H15F4N3O2S. The molecular weight excluding hydrogens is 434 g/mol. The Bertz CT molecular complexity index is 1120. The molecule has 0 fully saturated rings. The Labute approximate surface area is 178 Å². The van der Waals surface area contributed by atoms with E-state index in [9.17, 15) is 27.2 Å². The average Bonchev–Trinajstić information content (AvgIpc) is 3.16.